The quantitative estimate of drug-likeness (QED) is 0.809. The van der Waals surface area contributed by atoms with E-state index in [9.17, 15) is 0 Å². The number of nitrogens with one attached hydrogen (secondary N) is 1. The Morgan fingerprint density at radius 1 is 1.40 bits per heavy atom. The van der Waals surface area contributed by atoms with E-state index in [1.54, 1.807) is 0 Å². The molecule has 0 spiro atoms. The van der Waals surface area contributed by atoms with E-state index in [-0.39, 0.29) is 0 Å². The van der Waals surface area contributed by atoms with Crippen LogP contribution in [0.5, 0.6) is 0 Å². The normalized spacial score (nSPS) is 26.0. The second kappa shape index (κ2) is 3.97. The van der Waals surface area contributed by atoms with Gasteiger partial charge in [-0.15, -0.1) is 0 Å². The molecule has 0 bridgehead atoms. The topological polar surface area (TPSA) is 29.9 Å². The van der Waals surface area contributed by atoms with E-state index in [4.69, 9.17) is 0 Å². The third-order valence-corrected chi connectivity index (χ3v) is 3.57. The maximum Gasteiger partial charge on any atom is 0.0948 e. The number of nitrogens with zero attached hydrogens (tertiary/aromatic N) is 2. The monoisotopic (exact) mass is 205 g/mol. The summed E-state index contributed by atoms with van der Waals surface area (Å²) >= 11 is 0. The van der Waals surface area contributed by atoms with Crippen LogP contribution >= 0.6 is 0 Å². The third kappa shape index (κ3) is 2.23. The molecule has 1 aromatic heterocycles. The van der Waals surface area contributed by atoms with Crippen molar-refractivity contribution in [2.75, 3.05) is 6.54 Å². The first-order valence-electron chi connectivity index (χ1n) is 6.14. The van der Waals surface area contributed by atoms with E-state index in [0.29, 0.717) is 6.04 Å². The zero-order valence-corrected chi connectivity index (χ0v) is 9.15. The minimum Gasteiger partial charge on any atom is -0.334 e. The minimum absolute atomic E-state index is 0.694. The Balaban J connectivity index is 1.64. The van der Waals surface area contributed by atoms with Crippen LogP contribution in [0, 0.1) is 5.92 Å². The summed E-state index contributed by atoms with van der Waals surface area (Å²) in [6.45, 7) is 2.39. The Labute approximate surface area is 90.9 Å². The predicted octanol–water partition coefficient (Wildman–Crippen LogP) is 1.59. The van der Waals surface area contributed by atoms with Crippen LogP contribution < -0.4 is 5.32 Å². The second-order valence-corrected chi connectivity index (χ2v) is 4.98. The lowest BCUT2D eigenvalue weighted by Crippen LogP contribution is -2.24. The predicted molar refractivity (Wildman–Crippen MR) is 59.7 cm³/mol. The molecule has 0 radical (unpaired) electrons. The zero-order chi connectivity index (χ0) is 10.1. The first-order chi connectivity index (χ1) is 7.42. The fourth-order valence-corrected chi connectivity index (χ4v) is 2.44. The molecule has 2 heterocycles. The summed E-state index contributed by atoms with van der Waals surface area (Å²) in [5, 5.41) is 3.55. The van der Waals surface area contributed by atoms with Gasteiger partial charge >= 0.3 is 0 Å². The fourth-order valence-electron chi connectivity index (χ4n) is 2.44. The van der Waals surface area contributed by atoms with Crippen molar-refractivity contribution in [3.63, 3.8) is 0 Å². The third-order valence-electron chi connectivity index (χ3n) is 3.57. The van der Waals surface area contributed by atoms with Crippen molar-refractivity contribution < 1.29 is 0 Å². The molecule has 82 valence electrons. The van der Waals surface area contributed by atoms with Crippen LogP contribution in [0.25, 0.3) is 0 Å². The van der Waals surface area contributed by atoms with Gasteiger partial charge in [0.05, 0.1) is 6.33 Å². The molecule has 1 unspecified atom stereocenters. The molecule has 15 heavy (non-hydrogen) atoms. The van der Waals surface area contributed by atoms with Crippen molar-refractivity contribution in [3.8, 4) is 0 Å². The fraction of sp³-hybridized carbons (Fsp3) is 0.750. The van der Waals surface area contributed by atoms with Crippen LogP contribution in [0.4, 0.5) is 0 Å². The summed E-state index contributed by atoms with van der Waals surface area (Å²) < 4.78 is 2.36. The molecule has 2 aliphatic rings. The summed E-state index contributed by atoms with van der Waals surface area (Å²) in [5.41, 5.74) is 1.42. The maximum absolute atomic E-state index is 4.28. The minimum atomic E-state index is 0.694. The highest BCUT2D eigenvalue weighted by atomic mass is 15.1. The molecule has 3 rings (SSSR count). The van der Waals surface area contributed by atoms with E-state index in [0.717, 1.165) is 12.3 Å². The standard InChI is InChI=1S/C12H19N3/c1-2-11(14-5-1)6-12-7-13-9-15(12)8-10-3-4-10/h7,9-11,14H,1-6,8H2. The Hall–Kier alpha value is -0.830. The van der Waals surface area contributed by atoms with E-state index >= 15 is 0 Å². The van der Waals surface area contributed by atoms with Crippen molar-refractivity contribution >= 4 is 0 Å². The summed E-state index contributed by atoms with van der Waals surface area (Å²) in [6, 6.07) is 0.694. The highest BCUT2D eigenvalue weighted by Crippen LogP contribution is 2.31. The average Bonchev–Trinajstić information content (AvgIpc) is 2.75. The zero-order valence-electron chi connectivity index (χ0n) is 9.15. The van der Waals surface area contributed by atoms with Crippen LogP contribution in [-0.4, -0.2) is 22.1 Å². The SMILES string of the molecule is c1ncn(CC2CC2)c1CC1CCCN1. The molecular weight excluding hydrogens is 186 g/mol. The number of imidazole rings is 1. The van der Waals surface area contributed by atoms with Gasteiger partial charge in [0.1, 0.15) is 0 Å². The summed E-state index contributed by atoms with van der Waals surface area (Å²) in [7, 11) is 0. The average molecular weight is 205 g/mol. The largest absolute Gasteiger partial charge is 0.334 e. The van der Waals surface area contributed by atoms with Gasteiger partial charge < -0.3 is 9.88 Å². The van der Waals surface area contributed by atoms with Gasteiger partial charge in [-0.3, -0.25) is 0 Å². The molecule has 1 atom stereocenters. The Morgan fingerprint density at radius 3 is 3.07 bits per heavy atom. The van der Waals surface area contributed by atoms with E-state index in [1.165, 1.54) is 44.5 Å². The number of hydrogen-bond acceptors (Lipinski definition) is 2. The summed E-state index contributed by atoms with van der Waals surface area (Å²) in [4.78, 5) is 4.28. The van der Waals surface area contributed by atoms with Crippen molar-refractivity contribution in [1.82, 2.24) is 14.9 Å². The first kappa shape index (κ1) is 9.40. The number of rotatable bonds is 4. The van der Waals surface area contributed by atoms with Crippen LogP contribution in [0.2, 0.25) is 0 Å². The van der Waals surface area contributed by atoms with Gasteiger partial charge in [0, 0.05) is 30.9 Å². The van der Waals surface area contributed by atoms with Crippen molar-refractivity contribution in [2.24, 2.45) is 5.92 Å². The molecule has 1 saturated carbocycles. The van der Waals surface area contributed by atoms with Gasteiger partial charge in [0.2, 0.25) is 0 Å². The summed E-state index contributed by atoms with van der Waals surface area (Å²) in [5.74, 6) is 0.939. The second-order valence-electron chi connectivity index (χ2n) is 4.98. The highest BCUT2D eigenvalue weighted by Gasteiger charge is 2.23. The van der Waals surface area contributed by atoms with Gasteiger partial charge in [-0.25, -0.2) is 4.98 Å². The lowest BCUT2D eigenvalue weighted by atomic mass is 10.1. The van der Waals surface area contributed by atoms with Crippen molar-refractivity contribution in [2.45, 2.75) is 44.7 Å². The molecular formula is C12H19N3. The Morgan fingerprint density at radius 2 is 2.33 bits per heavy atom. The molecule has 3 heteroatoms. The molecule has 0 amide bonds. The van der Waals surface area contributed by atoms with Gasteiger partial charge in [-0.1, -0.05) is 0 Å². The van der Waals surface area contributed by atoms with Crippen molar-refractivity contribution in [1.29, 1.82) is 0 Å². The highest BCUT2D eigenvalue weighted by molar-refractivity contribution is 5.03. The molecule has 1 aliphatic carbocycles. The molecule has 3 nitrogen and oxygen atoms in total. The van der Waals surface area contributed by atoms with Gasteiger partial charge in [0.25, 0.3) is 0 Å². The van der Waals surface area contributed by atoms with E-state index in [1.807, 2.05) is 12.5 Å². The molecule has 1 aliphatic heterocycles. The first-order valence-corrected chi connectivity index (χ1v) is 6.14. The van der Waals surface area contributed by atoms with E-state index < -0.39 is 0 Å². The molecule has 0 aromatic carbocycles. The van der Waals surface area contributed by atoms with Crippen LogP contribution in [0.15, 0.2) is 12.5 Å². The van der Waals surface area contributed by atoms with E-state index in [2.05, 4.69) is 14.9 Å². The maximum atomic E-state index is 4.28. The number of aromatic nitrogens is 2. The molecule has 2 fully saturated rings. The number of hydrogen-bond donors (Lipinski definition) is 1. The van der Waals surface area contributed by atoms with Crippen LogP contribution in [0.3, 0.4) is 0 Å². The van der Waals surface area contributed by atoms with Gasteiger partial charge in [-0.2, -0.15) is 0 Å². The smallest absolute Gasteiger partial charge is 0.0948 e. The molecule has 1 saturated heterocycles. The van der Waals surface area contributed by atoms with Crippen molar-refractivity contribution in [3.05, 3.63) is 18.2 Å². The molecule has 1 aromatic rings. The lowest BCUT2D eigenvalue weighted by molar-refractivity contribution is 0.547. The lowest BCUT2D eigenvalue weighted by Gasteiger charge is -2.12. The molecule has 1 N–H and O–H groups in total. The van der Waals surface area contributed by atoms with Gasteiger partial charge in [0.15, 0.2) is 0 Å². The van der Waals surface area contributed by atoms with Crippen LogP contribution in [-0.2, 0) is 13.0 Å². The Bertz CT molecular complexity index is 321. The van der Waals surface area contributed by atoms with Gasteiger partial charge in [-0.05, 0) is 38.1 Å². The van der Waals surface area contributed by atoms with Crippen LogP contribution in [0.1, 0.15) is 31.4 Å². The Kier molecular flexibility index (Phi) is 2.49. The summed E-state index contributed by atoms with van der Waals surface area (Å²) in [6.07, 6.45) is 10.7.